The molecule has 0 heterocycles. The van der Waals surface area contributed by atoms with E-state index in [0.717, 1.165) is 0 Å². The number of benzene rings is 1. The van der Waals surface area contributed by atoms with E-state index < -0.39 is 18.0 Å². The molecule has 0 fully saturated rings. The second-order valence-electron chi connectivity index (χ2n) is 4.78. The second-order valence-corrected chi connectivity index (χ2v) is 4.78. The normalized spacial score (nSPS) is 11.3. The smallest absolute Gasteiger partial charge is 0.326 e. The lowest BCUT2D eigenvalue weighted by Crippen LogP contribution is -2.38. The van der Waals surface area contributed by atoms with E-state index >= 15 is 0 Å². The number of esters is 1. The Morgan fingerprint density at radius 1 is 1.27 bits per heavy atom. The molecular weight excluding hydrogens is 288 g/mol. The van der Waals surface area contributed by atoms with Crippen LogP contribution in [0.2, 0.25) is 0 Å². The van der Waals surface area contributed by atoms with Crippen LogP contribution in [0.4, 0.5) is 0 Å². The third-order valence-corrected chi connectivity index (χ3v) is 2.82. The lowest BCUT2D eigenvalue weighted by atomic mass is 10.2. The number of carbonyl (C=O) groups is 3. The van der Waals surface area contributed by atoms with E-state index in [4.69, 9.17) is 9.47 Å². The fourth-order valence-corrected chi connectivity index (χ4v) is 1.67. The molecule has 1 atom stereocenters. The van der Waals surface area contributed by atoms with Crippen LogP contribution in [0.25, 0.3) is 0 Å². The summed E-state index contributed by atoms with van der Waals surface area (Å²) in [6.45, 7) is 1.16. The van der Waals surface area contributed by atoms with E-state index in [9.17, 15) is 14.4 Å². The van der Waals surface area contributed by atoms with E-state index in [1.165, 1.54) is 18.9 Å². The van der Waals surface area contributed by atoms with E-state index in [0.29, 0.717) is 11.3 Å². The number of hydrogen-bond acceptors (Lipinski definition) is 5. The second kappa shape index (κ2) is 8.02. The molecule has 0 radical (unpaired) electrons. The lowest BCUT2D eigenvalue weighted by Gasteiger charge is -2.17. The molecule has 0 aromatic heterocycles. The topological polar surface area (TPSA) is 84.9 Å². The Bertz CT molecular complexity index is 557. The summed E-state index contributed by atoms with van der Waals surface area (Å²) in [5.41, 5.74) is 0.365. The van der Waals surface area contributed by atoms with E-state index in [-0.39, 0.29) is 12.5 Å². The zero-order valence-corrected chi connectivity index (χ0v) is 13.1. The summed E-state index contributed by atoms with van der Waals surface area (Å²) in [4.78, 5) is 36.4. The monoisotopic (exact) mass is 308 g/mol. The van der Waals surface area contributed by atoms with Crippen LogP contribution in [0.15, 0.2) is 24.3 Å². The maximum absolute atomic E-state index is 11.9. The average molecular weight is 308 g/mol. The number of likely N-dealkylation sites (N-methyl/N-ethyl adjacent to an activating group) is 1. The molecule has 0 aliphatic heterocycles. The molecule has 0 saturated carbocycles. The van der Waals surface area contributed by atoms with Crippen LogP contribution in [0.1, 0.15) is 17.3 Å². The third kappa shape index (κ3) is 5.08. The van der Waals surface area contributed by atoms with Crippen molar-refractivity contribution in [3.63, 3.8) is 0 Å². The SMILES string of the molecule is COc1cccc(C(=O)NCC(=O)O[C@H](C)C(=O)N(C)C)c1. The molecular formula is C15H20N2O5. The van der Waals surface area contributed by atoms with Gasteiger partial charge in [0.05, 0.1) is 7.11 Å². The highest BCUT2D eigenvalue weighted by molar-refractivity contribution is 5.96. The van der Waals surface area contributed by atoms with Crippen LogP contribution >= 0.6 is 0 Å². The average Bonchev–Trinajstić information content (AvgIpc) is 2.51. The first kappa shape index (κ1) is 17.5. The van der Waals surface area contributed by atoms with Gasteiger partial charge in [0.25, 0.3) is 11.8 Å². The summed E-state index contributed by atoms with van der Waals surface area (Å²) in [6.07, 6.45) is -0.892. The Hall–Kier alpha value is -2.57. The van der Waals surface area contributed by atoms with Gasteiger partial charge in [0.2, 0.25) is 0 Å². The largest absolute Gasteiger partial charge is 0.497 e. The lowest BCUT2D eigenvalue weighted by molar-refractivity contribution is -0.157. The molecule has 1 aromatic rings. The van der Waals surface area contributed by atoms with Crippen molar-refractivity contribution >= 4 is 17.8 Å². The van der Waals surface area contributed by atoms with Crippen molar-refractivity contribution in [1.29, 1.82) is 0 Å². The minimum Gasteiger partial charge on any atom is -0.497 e. The van der Waals surface area contributed by atoms with Crippen molar-refractivity contribution in [3.05, 3.63) is 29.8 Å². The summed E-state index contributed by atoms with van der Waals surface area (Å²) < 4.78 is 9.95. The van der Waals surface area contributed by atoms with Gasteiger partial charge < -0.3 is 19.7 Å². The number of nitrogens with one attached hydrogen (secondary N) is 1. The Balaban J connectivity index is 2.49. The van der Waals surface area contributed by atoms with Gasteiger partial charge in [-0.2, -0.15) is 0 Å². The van der Waals surface area contributed by atoms with Gasteiger partial charge in [-0.15, -0.1) is 0 Å². The molecule has 7 heteroatoms. The van der Waals surface area contributed by atoms with Gasteiger partial charge in [-0.1, -0.05) is 6.07 Å². The van der Waals surface area contributed by atoms with E-state index in [1.807, 2.05) is 0 Å². The molecule has 0 aliphatic carbocycles. The van der Waals surface area contributed by atoms with Crippen LogP contribution < -0.4 is 10.1 Å². The first-order valence-electron chi connectivity index (χ1n) is 6.68. The molecule has 1 rings (SSSR count). The standard InChI is InChI=1S/C15H20N2O5/c1-10(15(20)17(2)3)22-13(18)9-16-14(19)11-6-5-7-12(8-11)21-4/h5-8,10H,9H2,1-4H3,(H,16,19)/t10-/m1/s1. The van der Waals surface area contributed by atoms with Crippen molar-refractivity contribution in [1.82, 2.24) is 10.2 Å². The first-order chi connectivity index (χ1) is 10.3. The molecule has 0 spiro atoms. The number of methoxy groups -OCH3 is 1. The summed E-state index contributed by atoms with van der Waals surface area (Å²) in [7, 11) is 4.63. The quantitative estimate of drug-likeness (QED) is 0.771. The summed E-state index contributed by atoms with van der Waals surface area (Å²) in [6, 6.07) is 6.53. The van der Waals surface area contributed by atoms with Gasteiger partial charge >= 0.3 is 5.97 Å². The van der Waals surface area contributed by atoms with E-state index in [1.54, 1.807) is 38.4 Å². The van der Waals surface area contributed by atoms with Gasteiger partial charge in [0, 0.05) is 19.7 Å². The molecule has 0 bridgehead atoms. The number of amides is 2. The molecule has 0 saturated heterocycles. The Kier molecular flexibility index (Phi) is 6.37. The van der Waals surface area contributed by atoms with Gasteiger partial charge in [0.15, 0.2) is 6.10 Å². The highest BCUT2D eigenvalue weighted by Gasteiger charge is 2.19. The molecule has 0 unspecified atom stereocenters. The van der Waals surface area contributed by atoms with Crippen LogP contribution in [-0.4, -0.2) is 56.5 Å². The minimum absolute atomic E-state index is 0.318. The Labute approximate surface area is 129 Å². The number of rotatable bonds is 6. The number of nitrogens with zero attached hydrogens (tertiary/aromatic N) is 1. The molecule has 22 heavy (non-hydrogen) atoms. The third-order valence-electron chi connectivity index (χ3n) is 2.82. The number of ether oxygens (including phenoxy) is 2. The van der Waals surface area contributed by atoms with Crippen LogP contribution in [0.5, 0.6) is 5.75 Å². The Morgan fingerprint density at radius 2 is 1.95 bits per heavy atom. The predicted molar refractivity (Wildman–Crippen MR) is 79.6 cm³/mol. The van der Waals surface area contributed by atoms with Crippen molar-refractivity contribution in [3.8, 4) is 5.75 Å². The summed E-state index contributed by atoms with van der Waals surface area (Å²) >= 11 is 0. The zero-order chi connectivity index (χ0) is 16.7. The first-order valence-corrected chi connectivity index (χ1v) is 6.68. The van der Waals surface area contributed by atoms with Crippen LogP contribution in [-0.2, 0) is 14.3 Å². The predicted octanol–water partition coefficient (Wildman–Crippen LogP) is 0.445. The highest BCUT2D eigenvalue weighted by atomic mass is 16.5. The van der Waals surface area contributed by atoms with Crippen molar-refractivity contribution in [2.75, 3.05) is 27.7 Å². The number of hydrogen-bond donors (Lipinski definition) is 1. The van der Waals surface area contributed by atoms with Gasteiger partial charge in [-0.25, -0.2) is 0 Å². The maximum atomic E-state index is 11.9. The van der Waals surface area contributed by atoms with E-state index in [2.05, 4.69) is 5.32 Å². The van der Waals surface area contributed by atoms with Crippen molar-refractivity contribution in [2.45, 2.75) is 13.0 Å². The molecule has 1 aromatic carbocycles. The van der Waals surface area contributed by atoms with Gasteiger partial charge in [-0.3, -0.25) is 14.4 Å². The van der Waals surface area contributed by atoms with Gasteiger partial charge in [0.1, 0.15) is 12.3 Å². The molecule has 1 N–H and O–H groups in total. The summed E-state index contributed by atoms with van der Waals surface area (Å²) in [5, 5.41) is 2.43. The Morgan fingerprint density at radius 3 is 2.55 bits per heavy atom. The summed E-state index contributed by atoms with van der Waals surface area (Å²) in [5.74, 6) is -0.894. The molecule has 0 aliphatic rings. The fourth-order valence-electron chi connectivity index (χ4n) is 1.67. The zero-order valence-electron chi connectivity index (χ0n) is 13.1. The fraction of sp³-hybridized carbons (Fsp3) is 0.400. The van der Waals surface area contributed by atoms with Crippen molar-refractivity contribution in [2.24, 2.45) is 0 Å². The van der Waals surface area contributed by atoms with Crippen LogP contribution in [0.3, 0.4) is 0 Å². The highest BCUT2D eigenvalue weighted by Crippen LogP contribution is 2.12. The number of carbonyl (C=O) groups excluding carboxylic acids is 3. The molecule has 120 valence electrons. The van der Waals surface area contributed by atoms with Crippen LogP contribution in [0, 0.1) is 0 Å². The van der Waals surface area contributed by atoms with Gasteiger partial charge in [-0.05, 0) is 25.1 Å². The molecule has 7 nitrogen and oxygen atoms in total. The maximum Gasteiger partial charge on any atom is 0.326 e. The van der Waals surface area contributed by atoms with Crippen molar-refractivity contribution < 1.29 is 23.9 Å². The minimum atomic E-state index is -0.892. The molecule has 2 amide bonds.